The standard InChI is InChI=1S/C14H19N3O/c18-14(12-5-1-2-8-16-12)17-10-4-7-13(17)11-6-3-9-15-11/h1-2,5,8,11,13,15H,3-4,6-7,9-10H2. The topological polar surface area (TPSA) is 45.2 Å². The average Bonchev–Trinajstić information content (AvgIpc) is 3.09. The zero-order valence-corrected chi connectivity index (χ0v) is 10.5. The van der Waals surface area contributed by atoms with E-state index in [9.17, 15) is 4.79 Å². The summed E-state index contributed by atoms with van der Waals surface area (Å²) in [6.45, 7) is 1.96. The molecule has 2 aliphatic rings. The van der Waals surface area contributed by atoms with Gasteiger partial charge in [-0.3, -0.25) is 9.78 Å². The summed E-state index contributed by atoms with van der Waals surface area (Å²) in [5, 5.41) is 3.52. The SMILES string of the molecule is O=C(c1ccccn1)N1CCCC1C1CCCN1. The molecule has 96 valence electrons. The number of rotatable bonds is 2. The highest BCUT2D eigenvalue weighted by Crippen LogP contribution is 2.25. The third-order valence-electron chi connectivity index (χ3n) is 4.01. The highest BCUT2D eigenvalue weighted by molar-refractivity contribution is 5.92. The molecule has 4 nitrogen and oxygen atoms in total. The highest BCUT2D eigenvalue weighted by Gasteiger charge is 2.36. The molecule has 1 aromatic rings. The Hall–Kier alpha value is -1.42. The van der Waals surface area contributed by atoms with Crippen molar-refractivity contribution in [3.63, 3.8) is 0 Å². The van der Waals surface area contributed by atoms with Crippen LogP contribution in [-0.4, -0.2) is 41.0 Å². The van der Waals surface area contributed by atoms with E-state index in [1.807, 2.05) is 17.0 Å². The lowest BCUT2D eigenvalue weighted by Crippen LogP contribution is -2.46. The predicted octanol–water partition coefficient (Wildman–Crippen LogP) is 1.44. The number of carbonyl (C=O) groups is 1. The van der Waals surface area contributed by atoms with Gasteiger partial charge >= 0.3 is 0 Å². The maximum Gasteiger partial charge on any atom is 0.272 e. The summed E-state index contributed by atoms with van der Waals surface area (Å²) in [4.78, 5) is 18.6. The van der Waals surface area contributed by atoms with E-state index < -0.39 is 0 Å². The van der Waals surface area contributed by atoms with Gasteiger partial charge in [0, 0.05) is 24.8 Å². The van der Waals surface area contributed by atoms with Crippen LogP contribution in [0.15, 0.2) is 24.4 Å². The van der Waals surface area contributed by atoms with Gasteiger partial charge in [-0.1, -0.05) is 6.07 Å². The molecule has 2 aliphatic heterocycles. The number of nitrogens with zero attached hydrogens (tertiary/aromatic N) is 2. The monoisotopic (exact) mass is 245 g/mol. The van der Waals surface area contributed by atoms with Crippen LogP contribution in [0.1, 0.15) is 36.2 Å². The summed E-state index contributed by atoms with van der Waals surface area (Å²) >= 11 is 0. The number of nitrogens with one attached hydrogen (secondary N) is 1. The van der Waals surface area contributed by atoms with Crippen molar-refractivity contribution < 1.29 is 4.79 Å². The Bertz CT molecular complexity index is 414. The summed E-state index contributed by atoms with van der Waals surface area (Å²) in [5.74, 6) is 0.0896. The van der Waals surface area contributed by atoms with Crippen molar-refractivity contribution in [1.29, 1.82) is 0 Å². The maximum absolute atomic E-state index is 12.4. The number of likely N-dealkylation sites (tertiary alicyclic amines) is 1. The minimum Gasteiger partial charge on any atom is -0.333 e. The predicted molar refractivity (Wildman–Crippen MR) is 69.3 cm³/mol. The molecule has 2 atom stereocenters. The van der Waals surface area contributed by atoms with E-state index in [0.29, 0.717) is 17.8 Å². The number of carbonyl (C=O) groups excluding carboxylic acids is 1. The molecule has 0 spiro atoms. The molecular weight excluding hydrogens is 226 g/mol. The van der Waals surface area contributed by atoms with Crippen LogP contribution < -0.4 is 5.32 Å². The van der Waals surface area contributed by atoms with Crippen molar-refractivity contribution in [3.8, 4) is 0 Å². The fraction of sp³-hybridized carbons (Fsp3) is 0.571. The van der Waals surface area contributed by atoms with Crippen molar-refractivity contribution >= 4 is 5.91 Å². The van der Waals surface area contributed by atoms with E-state index in [4.69, 9.17) is 0 Å². The van der Waals surface area contributed by atoms with Crippen LogP contribution in [0.5, 0.6) is 0 Å². The Morgan fingerprint density at radius 3 is 3.00 bits per heavy atom. The van der Waals surface area contributed by atoms with Crippen molar-refractivity contribution in [2.45, 2.75) is 37.8 Å². The number of hydrogen-bond donors (Lipinski definition) is 1. The lowest BCUT2D eigenvalue weighted by Gasteiger charge is -2.29. The van der Waals surface area contributed by atoms with Crippen molar-refractivity contribution in [2.75, 3.05) is 13.1 Å². The first-order chi connectivity index (χ1) is 8.86. The minimum atomic E-state index is 0.0896. The quantitative estimate of drug-likeness (QED) is 0.857. The van der Waals surface area contributed by atoms with Gasteiger partial charge in [-0.05, 0) is 44.4 Å². The smallest absolute Gasteiger partial charge is 0.272 e. The Labute approximate surface area is 107 Å². The minimum absolute atomic E-state index is 0.0896. The van der Waals surface area contributed by atoms with E-state index in [2.05, 4.69) is 10.3 Å². The third-order valence-corrected chi connectivity index (χ3v) is 4.01. The first-order valence-electron chi connectivity index (χ1n) is 6.81. The molecule has 2 saturated heterocycles. The van der Waals surface area contributed by atoms with Crippen LogP contribution in [0.25, 0.3) is 0 Å². The van der Waals surface area contributed by atoms with Crippen LogP contribution in [0.2, 0.25) is 0 Å². The number of hydrogen-bond acceptors (Lipinski definition) is 3. The molecule has 0 radical (unpaired) electrons. The van der Waals surface area contributed by atoms with Crippen molar-refractivity contribution in [1.82, 2.24) is 15.2 Å². The first kappa shape index (κ1) is 11.7. The molecule has 0 aliphatic carbocycles. The molecule has 1 N–H and O–H groups in total. The average molecular weight is 245 g/mol. The number of amides is 1. The van der Waals surface area contributed by atoms with E-state index in [-0.39, 0.29) is 5.91 Å². The van der Waals surface area contributed by atoms with Crippen molar-refractivity contribution in [2.24, 2.45) is 0 Å². The van der Waals surface area contributed by atoms with E-state index in [1.54, 1.807) is 12.3 Å². The van der Waals surface area contributed by atoms with Crippen molar-refractivity contribution in [3.05, 3.63) is 30.1 Å². The zero-order valence-electron chi connectivity index (χ0n) is 10.5. The first-order valence-corrected chi connectivity index (χ1v) is 6.81. The molecule has 2 unspecified atom stereocenters. The second-order valence-electron chi connectivity index (χ2n) is 5.13. The fourth-order valence-electron chi connectivity index (χ4n) is 3.14. The van der Waals surface area contributed by atoms with Gasteiger partial charge in [0.1, 0.15) is 5.69 Å². The molecule has 1 amide bonds. The Morgan fingerprint density at radius 2 is 2.28 bits per heavy atom. The molecule has 2 fully saturated rings. The molecular formula is C14H19N3O. The lowest BCUT2D eigenvalue weighted by molar-refractivity contribution is 0.0705. The zero-order chi connectivity index (χ0) is 12.4. The third kappa shape index (κ3) is 2.12. The van der Waals surface area contributed by atoms with Crippen LogP contribution >= 0.6 is 0 Å². The van der Waals surface area contributed by atoms with Gasteiger partial charge in [0.2, 0.25) is 0 Å². The Balaban J connectivity index is 1.76. The van der Waals surface area contributed by atoms with Crippen LogP contribution in [0.4, 0.5) is 0 Å². The summed E-state index contributed by atoms with van der Waals surface area (Å²) in [6, 6.07) is 6.37. The van der Waals surface area contributed by atoms with E-state index >= 15 is 0 Å². The molecule has 0 saturated carbocycles. The second-order valence-corrected chi connectivity index (χ2v) is 5.13. The van der Waals surface area contributed by atoms with E-state index in [1.165, 1.54) is 12.8 Å². The molecule has 0 bridgehead atoms. The molecule has 3 rings (SSSR count). The van der Waals surface area contributed by atoms with Gasteiger partial charge in [0.05, 0.1) is 0 Å². The Morgan fingerprint density at radius 1 is 1.33 bits per heavy atom. The highest BCUT2D eigenvalue weighted by atomic mass is 16.2. The van der Waals surface area contributed by atoms with Gasteiger partial charge in [-0.25, -0.2) is 0 Å². The Kier molecular flexibility index (Phi) is 3.28. The van der Waals surface area contributed by atoms with Gasteiger partial charge in [0.25, 0.3) is 5.91 Å². The van der Waals surface area contributed by atoms with Gasteiger partial charge < -0.3 is 10.2 Å². The summed E-state index contributed by atoms with van der Waals surface area (Å²) in [7, 11) is 0. The normalized spacial score (nSPS) is 27.7. The summed E-state index contributed by atoms with van der Waals surface area (Å²) in [6.07, 6.45) is 6.34. The lowest BCUT2D eigenvalue weighted by atomic mass is 10.0. The molecule has 18 heavy (non-hydrogen) atoms. The largest absolute Gasteiger partial charge is 0.333 e. The van der Waals surface area contributed by atoms with Crippen LogP contribution in [0.3, 0.4) is 0 Å². The van der Waals surface area contributed by atoms with Crippen LogP contribution in [0, 0.1) is 0 Å². The number of aromatic nitrogens is 1. The molecule has 1 aromatic heterocycles. The molecule has 3 heterocycles. The molecule has 0 aromatic carbocycles. The fourth-order valence-corrected chi connectivity index (χ4v) is 3.14. The van der Waals surface area contributed by atoms with Crippen LogP contribution in [-0.2, 0) is 0 Å². The number of pyridine rings is 1. The van der Waals surface area contributed by atoms with Gasteiger partial charge in [-0.2, -0.15) is 0 Å². The molecule has 4 heteroatoms. The maximum atomic E-state index is 12.4. The van der Waals surface area contributed by atoms with Gasteiger partial charge in [0.15, 0.2) is 0 Å². The second kappa shape index (κ2) is 5.06. The summed E-state index contributed by atoms with van der Waals surface area (Å²) in [5.41, 5.74) is 0.572. The van der Waals surface area contributed by atoms with E-state index in [0.717, 1.165) is 25.9 Å². The summed E-state index contributed by atoms with van der Waals surface area (Å²) < 4.78 is 0. The van der Waals surface area contributed by atoms with Gasteiger partial charge in [-0.15, -0.1) is 0 Å².